The molecule has 3 rings (SSSR count). The minimum Gasteiger partial charge on any atom is -0.489 e. The minimum absolute atomic E-state index is 0.452. The Morgan fingerprint density at radius 1 is 0.750 bits per heavy atom. The Hall–Kier alpha value is -3.07. The van der Waals surface area contributed by atoms with Gasteiger partial charge in [-0.2, -0.15) is 0 Å². The van der Waals surface area contributed by atoms with Gasteiger partial charge >= 0.3 is 0 Å². The molecule has 0 aliphatic carbocycles. The van der Waals surface area contributed by atoms with Crippen LogP contribution in [0.4, 0.5) is 11.4 Å². The number of carbonyl (C=O) groups excluding carboxylic acids is 1. The van der Waals surface area contributed by atoms with Crippen LogP contribution >= 0.6 is 0 Å². The molecule has 3 heteroatoms. The number of carbonyl (C=O) groups is 1. The highest BCUT2D eigenvalue weighted by atomic mass is 16.5. The van der Waals surface area contributed by atoms with Crippen molar-refractivity contribution in [2.45, 2.75) is 13.0 Å². The quantitative estimate of drug-likeness (QED) is 0.639. The van der Waals surface area contributed by atoms with Crippen LogP contribution in [0.15, 0.2) is 78.9 Å². The van der Waals surface area contributed by atoms with E-state index in [1.807, 2.05) is 78.9 Å². The number of anilines is 2. The van der Waals surface area contributed by atoms with E-state index < -0.39 is 0 Å². The molecule has 0 bridgehead atoms. The maximum absolute atomic E-state index is 10.5. The summed E-state index contributed by atoms with van der Waals surface area (Å²) in [6.45, 7) is 0.561. The van der Waals surface area contributed by atoms with E-state index in [2.05, 4.69) is 5.32 Å². The fraction of sp³-hybridized carbons (Fsp3) is 0.0952. The molecule has 0 aliphatic rings. The summed E-state index contributed by atoms with van der Waals surface area (Å²) in [5.41, 5.74) is 4.14. The predicted molar refractivity (Wildman–Crippen MR) is 96.7 cm³/mol. The molecule has 24 heavy (non-hydrogen) atoms. The van der Waals surface area contributed by atoms with Crippen LogP contribution in [0.3, 0.4) is 0 Å². The molecule has 0 saturated heterocycles. The summed E-state index contributed by atoms with van der Waals surface area (Å²) < 4.78 is 5.78. The maximum atomic E-state index is 10.5. The number of ether oxygens (including phenoxy) is 1. The summed E-state index contributed by atoms with van der Waals surface area (Å²) in [6, 6.07) is 25.8. The van der Waals surface area contributed by atoms with Crippen molar-refractivity contribution in [3.8, 4) is 5.75 Å². The third kappa shape index (κ3) is 4.46. The topological polar surface area (TPSA) is 38.3 Å². The van der Waals surface area contributed by atoms with Crippen LogP contribution in [-0.4, -0.2) is 6.29 Å². The summed E-state index contributed by atoms with van der Waals surface area (Å²) in [7, 11) is 0. The third-order valence-corrected chi connectivity index (χ3v) is 3.66. The Balaban J connectivity index is 1.57. The molecule has 0 heterocycles. The highest BCUT2D eigenvalue weighted by molar-refractivity contribution is 5.62. The number of nitrogens with one attached hydrogen (secondary N) is 1. The Bertz CT molecular complexity index is 765. The highest BCUT2D eigenvalue weighted by Gasteiger charge is 1.99. The van der Waals surface area contributed by atoms with Crippen LogP contribution in [-0.2, 0) is 17.8 Å². The normalized spacial score (nSPS) is 10.2. The van der Waals surface area contributed by atoms with Crippen molar-refractivity contribution >= 4 is 17.7 Å². The molecule has 0 spiro atoms. The third-order valence-electron chi connectivity index (χ3n) is 3.66. The van der Waals surface area contributed by atoms with Gasteiger partial charge in [0.1, 0.15) is 18.6 Å². The Kier molecular flexibility index (Phi) is 5.25. The Morgan fingerprint density at radius 3 is 2.00 bits per heavy atom. The zero-order chi connectivity index (χ0) is 16.6. The zero-order valence-corrected chi connectivity index (χ0v) is 13.3. The summed E-state index contributed by atoms with van der Waals surface area (Å²) >= 11 is 0. The molecule has 3 aromatic rings. The number of aldehydes is 1. The van der Waals surface area contributed by atoms with E-state index in [0.717, 1.165) is 34.5 Å². The van der Waals surface area contributed by atoms with Gasteiger partial charge in [0, 0.05) is 17.8 Å². The number of benzene rings is 3. The number of hydrogen-bond acceptors (Lipinski definition) is 3. The van der Waals surface area contributed by atoms with Crippen molar-refractivity contribution in [3.63, 3.8) is 0 Å². The molecule has 0 saturated carbocycles. The van der Waals surface area contributed by atoms with Crippen molar-refractivity contribution in [2.24, 2.45) is 0 Å². The van der Waals surface area contributed by atoms with Crippen molar-refractivity contribution < 1.29 is 9.53 Å². The van der Waals surface area contributed by atoms with E-state index in [4.69, 9.17) is 4.74 Å². The van der Waals surface area contributed by atoms with Crippen LogP contribution in [0, 0.1) is 0 Å². The van der Waals surface area contributed by atoms with Crippen LogP contribution in [0.5, 0.6) is 5.75 Å². The standard InChI is InChI=1S/C21H19NO2/c23-15-14-17-6-8-19(9-7-17)22-20-10-12-21(13-11-20)24-16-18-4-2-1-3-5-18/h1-13,15,22H,14,16H2. The summed E-state index contributed by atoms with van der Waals surface area (Å²) in [6.07, 6.45) is 1.37. The van der Waals surface area contributed by atoms with E-state index in [1.54, 1.807) is 0 Å². The van der Waals surface area contributed by atoms with Gasteiger partial charge in [-0.25, -0.2) is 0 Å². The Morgan fingerprint density at radius 2 is 1.38 bits per heavy atom. The van der Waals surface area contributed by atoms with Crippen LogP contribution < -0.4 is 10.1 Å². The largest absolute Gasteiger partial charge is 0.489 e. The first-order valence-corrected chi connectivity index (χ1v) is 7.90. The van der Waals surface area contributed by atoms with Gasteiger partial charge in [-0.15, -0.1) is 0 Å². The molecule has 0 unspecified atom stereocenters. The van der Waals surface area contributed by atoms with Gasteiger partial charge in [0.15, 0.2) is 0 Å². The summed E-state index contributed by atoms with van der Waals surface area (Å²) in [4.78, 5) is 10.5. The molecular formula is C21H19NO2. The second kappa shape index (κ2) is 7.97. The van der Waals surface area contributed by atoms with E-state index in [9.17, 15) is 4.79 Å². The van der Waals surface area contributed by atoms with Crippen LogP contribution in [0.1, 0.15) is 11.1 Å². The average molecular weight is 317 g/mol. The Labute approximate surface area is 141 Å². The molecular weight excluding hydrogens is 298 g/mol. The average Bonchev–Trinajstić information content (AvgIpc) is 2.64. The van der Waals surface area contributed by atoms with Gasteiger partial charge in [0.2, 0.25) is 0 Å². The van der Waals surface area contributed by atoms with Crippen LogP contribution in [0.2, 0.25) is 0 Å². The van der Waals surface area contributed by atoms with Gasteiger partial charge < -0.3 is 14.8 Å². The molecule has 3 nitrogen and oxygen atoms in total. The van der Waals surface area contributed by atoms with Crippen molar-refractivity contribution in [3.05, 3.63) is 90.0 Å². The molecule has 120 valence electrons. The summed E-state index contributed by atoms with van der Waals surface area (Å²) in [5.74, 6) is 0.839. The van der Waals surface area contributed by atoms with E-state index in [1.165, 1.54) is 0 Å². The second-order valence-corrected chi connectivity index (χ2v) is 5.49. The number of rotatable bonds is 7. The second-order valence-electron chi connectivity index (χ2n) is 5.49. The maximum Gasteiger partial charge on any atom is 0.124 e. The van der Waals surface area contributed by atoms with Gasteiger partial charge in [-0.05, 0) is 47.5 Å². The van der Waals surface area contributed by atoms with Crippen molar-refractivity contribution in [1.82, 2.24) is 0 Å². The lowest BCUT2D eigenvalue weighted by Crippen LogP contribution is -1.95. The molecule has 1 N–H and O–H groups in total. The summed E-state index contributed by atoms with van der Waals surface area (Å²) in [5, 5.41) is 3.33. The molecule has 0 amide bonds. The van der Waals surface area contributed by atoms with Gasteiger partial charge in [0.05, 0.1) is 0 Å². The minimum atomic E-state index is 0.452. The predicted octanol–water partition coefficient (Wildman–Crippen LogP) is 4.75. The van der Waals surface area contributed by atoms with Crippen molar-refractivity contribution in [2.75, 3.05) is 5.32 Å². The molecule has 0 aromatic heterocycles. The lowest BCUT2D eigenvalue weighted by molar-refractivity contribution is -0.107. The van der Waals surface area contributed by atoms with E-state index >= 15 is 0 Å². The van der Waals surface area contributed by atoms with Gasteiger partial charge in [0.25, 0.3) is 0 Å². The smallest absolute Gasteiger partial charge is 0.124 e. The van der Waals surface area contributed by atoms with E-state index in [-0.39, 0.29) is 0 Å². The molecule has 3 aromatic carbocycles. The fourth-order valence-electron chi connectivity index (χ4n) is 2.36. The molecule has 0 aliphatic heterocycles. The first kappa shape index (κ1) is 15.8. The van der Waals surface area contributed by atoms with Gasteiger partial charge in [-0.3, -0.25) is 0 Å². The first-order chi connectivity index (χ1) is 11.8. The molecule has 0 radical (unpaired) electrons. The monoisotopic (exact) mass is 317 g/mol. The number of hydrogen-bond donors (Lipinski definition) is 1. The molecule has 0 fully saturated rings. The van der Waals surface area contributed by atoms with Crippen LogP contribution in [0.25, 0.3) is 0 Å². The van der Waals surface area contributed by atoms with Crippen molar-refractivity contribution in [1.29, 1.82) is 0 Å². The lowest BCUT2D eigenvalue weighted by Gasteiger charge is -2.09. The highest BCUT2D eigenvalue weighted by Crippen LogP contribution is 2.21. The lowest BCUT2D eigenvalue weighted by atomic mass is 10.1. The van der Waals surface area contributed by atoms with E-state index in [0.29, 0.717) is 13.0 Å². The SMILES string of the molecule is O=CCc1ccc(Nc2ccc(OCc3ccccc3)cc2)cc1. The fourth-order valence-corrected chi connectivity index (χ4v) is 2.36. The zero-order valence-electron chi connectivity index (χ0n) is 13.3. The molecule has 0 atom stereocenters. The first-order valence-electron chi connectivity index (χ1n) is 7.90. The van der Waals surface area contributed by atoms with Gasteiger partial charge in [-0.1, -0.05) is 42.5 Å².